The van der Waals surface area contributed by atoms with Gasteiger partial charge in [-0.2, -0.15) is 0 Å². The molecule has 1 aromatic heterocycles. The average molecular weight is 342 g/mol. The van der Waals surface area contributed by atoms with Crippen LogP contribution in [0.15, 0.2) is 51.3 Å². The van der Waals surface area contributed by atoms with E-state index in [0.717, 1.165) is 11.2 Å². The third kappa shape index (κ3) is 3.84. The highest BCUT2D eigenvalue weighted by atomic mass is 35.5. The summed E-state index contributed by atoms with van der Waals surface area (Å²) in [6, 6.07) is 6.59. The number of aryl methyl sites for hydroxylation is 1. The molecular weight excluding hydrogens is 330 g/mol. The molecular formula is C14H12ClNO3S2. The molecule has 1 heterocycles. The van der Waals surface area contributed by atoms with E-state index in [9.17, 15) is 13.2 Å². The summed E-state index contributed by atoms with van der Waals surface area (Å²) in [5, 5.41) is -0.671. The summed E-state index contributed by atoms with van der Waals surface area (Å²) in [6.07, 6.45) is 4.39. The highest BCUT2D eigenvalue weighted by Gasteiger charge is 2.19. The molecule has 0 saturated carbocycles. The van der Waals surface area contributed by atoms with Crippen LogP contribution >= 0.6 is 23.4 Å². The number of rotatable bonds is 4. The number of aromatic nitrogens is 1. The van der Waals surface area contributed by atoms with Crippen LogP contribution in [0.4, 0.5) is 0 Å². The minimum atomic E-state index is -3.48. The van der Waals surface area contributed by atoms with Gasteiger partial charge in [-0.1, -0.05) is 11.8 Å². The Morgan fingerprint density at radius 3 is 2.57 bits per heavy atom. The molecule has 0 saturated heterocycles. The van der Waals surface area contributed by atoms with Crippen LogP contribution in [-0.4, -0.2) is 24.9 Å². The Balaban J connectivity index is 2.59. The molecule has 0 aliphatic heterocycles. The van der Waals surface area contributed by atoms with Crippen LogP contribution in [0.25, 0.3) is 0 Å². The normalized spacial score (nSPS) is 11.4. The first kappa shape index (κ1) is 16.0. The fraction of sp³-hybridized carbons (Fsp3) is 0.143. The van der Waals surface area contributed by atoms with Crippen molar-refractivity contribution in [1.82, 2.24) is 4.98 Å². The summed E-state index contributed by atoms with van der Waals surface area (Å²) >= 11 is 6.77. The smallest absolute Gasteiger partial charge is 0.252 e. The standard InChI is InChI=1S/C14H12ClNO3S2/c1-9-6-12(20-10-4-3-5-16-8-10)13(21(2,18)19)7-11(9)14(15)17/h3-8H,1-2H3. The lowest BCUT2D eigenvalue weighted by Gasteiger charge is -2.11. The fourth-order valence-electron chi connectivity index (χ4n) is 1.78. The molecule has 0 aliphatic rings. The Bertz CT molecular complexity index is 789. The van der Waals surface area contributed by atoms with Gasteiger partial charge in [0.2, 0.25) is 0 Å². The maximum atomic E-state index is 11.9. The Morgan fingerprint density at radius 2 is 2.05 bits per heavy atom. The number of halogens is 1. The van der Waals surface area contributed by atoms with E-state index in [4.69, 9.17) is 11.6 Å². The minimum absolute atomic E-state index is 0.0888. The molecule has 0 fully saturated rings. The fourth-order valence-corrected chi connectivity index (χ4v) is 4.23. The maximum Gasteiger partial charge on any atom is 0.252 e. The maximum absolute atomic E-state index is 11.9. The molecule has 7 heteroatoms. The van der Waals surface area contributed by atoms with Gasteiger partial charge < -0.3 is 0 Å². The third-order valence-corrected chi connectivity index (χ3v) is 5.27. The Hall–Kier alpha value is -1.37. The first-order valence-corrected chi connectivity index (χ1v) is 9.00. The molecule has 1 aromatic carbocycles. The molecule has 0 unspecified atom stereocenters. The first-order chi connectivity index (χ1) is 9.79. The van der Waals surface area contributed by atoms with E-state index in [-0.39, 0.29) is 10.5 Å². The zero-order valence-electron chi connectivity index (χ0n) is 11.3. The number of hydrogen-bond acceptors (Lipinski definition) is 5. The zero-order chi connectivity index (χ0) is 15.6. The highest BCUT2D eigenvalue weighted by molar-refractivity contribution is 8.00. The van der Waals surface area contributed by atoms with Crippen molar-refractivity contribution in [3.8, 4) is 0 Å². The lowest BCUT2D eigenvalue weighted by atomic mass is 10.1. The molecule has 0 spiro atoms. The molecule has 4 nitrogen and oxygen atoms in total. The molecule has 2 rings (SSSR count). The number of benzene rings is 1. The van der Waals surface area contributed by atoms with Crippen LogP contribution < -0.4 is 0 Å². The van der Waals surface area contributed by atoms with E-state index in [1.165, 1.54) is 17.8 Å². The van der Waals surface area contributed by atoms with Crippen LogP contribution in [0, 0.1) is 6.92 Å². The lowest BCUT2D eigenvalue weighted by Crippen LogP contribution is -2.04. The zero-order valence-corrected chi connectivity index (χ0v) is 13.7. The Labute approximate surface area is 132 Å². The van der Waals surface area contributed by atoms with Crippen LogP contribution in [0.3, 0.4) is 0 Å². The predicted molar refractivity (Wildman–Crippen MR) is 82.8 cm³/mol. The van der Waals surface area contributed by atoms with Crippen molar-refractivity contribution in [2.75, 3.05) is 6.26 Å². The minimum Gasteiger partial charge on any atom is -0.276 e. The summed E-state index contributed by atoms with van der Waals surface area (Å²) in [7, 11) is -3.48. The van der Waals surface area contributed by atoms with Gasteiger partial charge in [-0.25, -0.2) is 8.42 Å². The number of sulfone groups is 1. The van der Waals surface area contributed by atoms with Gasteiger partial charge in [0.05, 0.1) is 4.90 Å². The highest BCUT2D eigenvalue weighted by Crippen LogP contribution is 2.34. The van der Waals surface area contributed by atoms with Crippen LogP contribution in [0.2, 0.25) is 0 Å². The quantitative estimate of drug-likeness (QED) is 0.798. The van der Waals surface area contributed by atoms with Gasteiger partial charge in [0.25, 0.3) is 5.24 Å². The van der Waals surface area contributed by atoms with Crippen molar-refractivity contribution in [1.29, 1.82) is 0 Å². The monoisotopic (exact) mass is 341 g/mol. The number of pyridine rings is 1. The van der Waals surface area contributed by atoms with Gasteiger partial charge in [-0.05, 0) is 48.4 Å². The van der Waals surface area contributed by atoms with E-state index in [0.29, 0.717) is 10.5 Å². The molecule has 0 bridgehead atoms. The topological polar surface area (TPSA) is 64.1 Å². The van der Waals surface area contributed by atoms with E-state index in [1.807, 2.05) is 6.07 Å². The molecule has 0 N–H and O–H groups in total. The van der Waals surface area contributed by atoms with Crippen molar-refractivity contribution >= 4 is 38.4 Å². The average Bonchev–Trinajstić information content (AvgIpc) is 2.38. The van der Waals surface area contributed by atoms with E-state index in [1.54, 1.807) is 31.5 Å². The van der Waals surface area contributed by atoms with Crippen LogP contribution in [0.5, 0.6) is 0 Å². The van der Waals surface area contributed by atoms with E-state index in [2.05, 4.69) is 4.98 Å². The van der Waals surface area contributed by atoms with Gasteiger partial charge >= 0.3 is 0 Å². The Kier molecular flexibility index (Phi) is 4.70. The predicted octanol–water partition coefficient (Wildman–Crippen LogP) is 3.32. The third-order valence-electron chi connectivity index (χ3n) is 2.76. The summed E-state index contributed by atoms with van der Waals surface area (Å²) in [6.45, 7) is 1.72. The van der Waals surface area contributed by atoms with Gasteiger partial charge in [0.1, 0.15) is 0 Å². The van der Waals surface area contributed by atoms with Gasteiger partial charge in [-0.15, -0.1) is 0 Å². The van der Waals surface area contributed by atoms with Crippen molar-refractivity contribution in [3.05, 3.63) is 47.8 Å². The number of carbonyl (C=O) groups is 1. The SMILES string of the molecule is Cc1cc(Sc2cccnc2)c(S(C)(=O)=O)cc1C(=O)Cl. The molecule has 21 heavy (non-hydrogen) atoms. The van der Waals surface area contributed by atoms with Gasteiger partial charge in [0.15, 0.2) is 9.84 Å². The van der Waals surface area contributed by atoms with Crippen molar-refractivity contribution in [3.63, 3.8) is 0 Å². The second-order valence-corrected chi connectivity index (χ2v) is 7.89. The molecule has 2 aromatic rings. The van der Waals surface area contributed by atoms with Gasteiger partial charge in [-0.3, -0.25) is 9.78 Å². The summed E-state index contributed by atoms with van der Waals surface area (Å²) in [5.74, 6) is 0. The molecule has 0 atom stereocenters. The van der Waals surface area contributed by atoms with Crippen molar-refractivity contribution in [2.24, 2.45) is 0 Å². The molecule has 0 radical (unpaired) electrons. The number of hydrogen-bond donors (Lipinski definition) is 0. The lowest BCUT2D eigenvalue weighted by molar-refractivity contribution is 0.108. The number of carbonyl (C=O) groups excluding carboxylic acids is 1. The summed E-state index contributed by atoms with van der Waals surface area (Å²) < 4.78 is 23.9. The summed E-state index contributed by atoms with van der Waals surface area (Å²) in [4.78, 5) is 16.8. The van der Waals surface area contributed by atoms with Crippen LogP contribution in [-0.2, 0) is 9.84 Å². The summed E-state index contributed by atoms with van der Waals surface area (Å²) in [5.41, 5.74) is 0.835. The first-order valence-electron chi connectivity index (χ1n) is 5.91. The van der Waals surface area contributed by atoms with Crippen molar-refractivity contribution in [2.45, 2.75) is 21.6 Å². The molecule has 0 aliphatic carbocycles. The number of nitrogens with zero attached hydrogens (tertiary/aromatic N) is 1. The van der Waals surface area contributed by atoms with Gasteiger partial charge in [0, 0.05) is 34.0 Å². The van der Waals surface area contributed by atoms with Crippen molar-refractivity contribution < 1.29 is 13.2 Å². The van der Waals surface area contributed by atoms with E-state index < -0.39 is 15.1 Å². The molecule has 110 valence electrons. The largest absolute Gasteiger partial charge is 0.276 e. The van der Waals surface area contributed by atoms with Crippen LogP contribution in [0.1, 0.15) is 15.9 Å². The second kappa shape index (κ2) is 6.17. The van der Waals surface area contributed by atoms with E-state index >= 15 is 0 Å². The second-order valence-electron chi connectivity index (χ2n) is 4.45. The Morgan fingerprint density at radius 1 is 1.33 bits per heavy atom. The molecule has 0 amide bonds.